The Kier molecular flexibility index (Phi) is 5.41. The molecular formula is C22H18F3N3O3. The van der Waals surface area contributed by atoms with Crippen molar-refractivity contribution in [2.45, 2.75) is 19.1 Å². The summed E-state index contributed by atoms with van der Waals surface area (Å²) < 4.78 is 45.7. The van der Waals surface area contributed by atoms with Crippen molar-refractivity contribution in [3.63, 3.8) is 0 Å². The van der Waals surface area contributed by atoms with Crippen molar-refractivity contribution < 1.29 is 27.2 Å². The predicted octanol–water partition coefficient (Wildman–Crippen LogP) is 5.14. The van der Waals surface area contributed by atoms with E-state index in [1.54, 1.807) is 0 Å². The van der Waals surface area contributed by atoms with Gasteiger partial charge in [0.05, 0.1) is 23.1 Å². The Hall–Kier alpha value is -3.75. The average Bonchev–Trinajstić information content (AvgIpc) is 3.29. The minimum absolute atomic E-state index is 0.0524. The summed E-state index contributed by atoms with van der Waals surface area (Å²) in [5, 5.41) is 4.75. The largest absolute Gasteiger partial charge is 0.472 e. The molecular weight excluding hydrogens is 411 g/mol. The van der Waals surface area contributed by atoms with E-state index >= 15 is 0 Å². The molecule has 0 radical (unpaired) electrons. The highest BCUT2D eigenvalue weighted by atomic mass is 19.4. The van der Waals surface area contributed by atoms with Crippen LogP contribution in [0.3, 0.4) is 0 Å². The van der Waals surface area contributed by atoms with Crippen LogP contribution in [0.4, 0.5) is 29.3 Å². The fourth-order valence-corrected chi connectivity index (χ4v) is 3.43. The van der Waals surface area contributed by atoms with E-state index in [9.17, 15) is 22.8 Å². The zero-order valence-corrected chi connectivity index (χ0v) is 16.2. The maximum atomic E-state index is 13.6. The number of fused-ring (bicyclic) bond motifs is 1. The lowest BCUT2D eigenvalue weighted by Gasteiger charge is -2.29. The van der Waals surface area contributed by atoms with E-state index < -0.39 is 23.7 Å². The molecule has 0 aliphatic carbocycles. The summed E-state index contributed by atoms with van der Waals surface area (Å²) in [6.45, 7) is 0.727. The molecule has 6 nitrogen and oxygen atoms in total. The molecule has 0 atom stereocenters. The second-order valence-electron chi connectivity index (χ2n) is 7.09. The lowest BCUT2D eigenvalue weighted by molar-refractivity contribution is -0.136. The third-order valence-corrected chi connectivity index (χ3v) is 5.03. The highest BCUT2D eigenvalue weighted by molar-refractivity contribution is 6.04. The normalized spacial score (nSPS) is 13.5. The minimum atomic E-state index is -4.73. The molecule has 3 amide bonds. The Balaban J connectivity index is 1.52. The summed E-state index contributed by atoms with van der Waals surface area (Å²) in [6, 6.07) is 11.6. The fraction of sp³-hybridized carbons (Fsp3) is 0.182. The Morgan fingerprint density at radius 1 is 1.00 bits per heavy atom. The molecule has 1 aromatic heterocycles. The standard InChI is InChI=1S/C22H18F3N3O3/c23-22(24,25)18-11-17(26-20(29)16-8-10-31-13-16)5-6-19(18)27-21(30)28-9-7-14-3-1-2-4-15(14)12-28/h1-6,8,10-11,13H,7,9,12H2,(H,26,29)(H,27,30). The van der Waals surface area contributed by atoms with Gasteiger partial charge in [0.25, 0.3) is 5.91 Å². The molecule has 2 N–H and O–H groups in total. The van der Waals surface area contributed by atoms with Crippen LogP contribution in [0.2, 0.25) is 0 Å². The van der Waals surface area contributed by atoms with Crippen molar-refractivity contribution in [1.29, 1.82) is 0 Å². The summed E-state index contributed by atoms with van der Waals surface area (Å²) in [4.78, 5) is 26.2. The number of carbonyl (C=O) groups is 2. The first kappa shape index (κ1) is 20.5. The monoisotopic (exact) mass is 429 g/mol. The number of anilines is 2. The molecule has 0 spiro atoms. The molecule has 0 saturated carbocycles. The van der Waals surface area contributed by atoms with Crippen molar-refractivity contribution in [3.05, 3.63) is 83.3 Å². The van der Waals surface area contributed by atoms with Gasteiger partial charge in [0.2, 0.25) is 0 Å². The lowest BCUT2D eigenvalue weighted by atomic mass is 10.0. The summed E-state index contributed by atoms with van der Waals surface area (Å²) in [5.74, 6) is -0.606. The summed E-state index contributed by atoms with van der Waals surface area (Å²) >= 11 is 0. The summed E-state index contributed by atoms with van der Waals surface area (Å²) in [5.41, 5.74) is 0.790. The van der Waals surface area contributed by atoms with Crippen molar-refractivity contribution in [2.75, 3.05) is 17.2 Å². The van der Waals surface area contributed by atoms with E-state index in [1.165, 1.54) is 29.6 Å². The third kappa shape index (κ3) is 4.55. The van der Waals surface area contributed by atoms with Crippen molar-refractivity contribution >= 4 is 23.3 Å². The number of carbonyl (C=O) groups excluding carboxylic acids is 2. The van der Waals surface area contributed by atoms with Gasteiger partial charge in [-0.1, -0.05) is 24.3 Å². The third-order valence-electron chi connectivity index (χ3n) is 5.03. The number of nitrogens with one attached hydrogen (secondary N) is 2. The van der Waals surface area contributed by atoms with Crippen LogP contribution in [0.1, 0.15) is 27.0 Å². The zero-order valence-electron chi connectivity index (χ0n) is 16.2. The number of alkyl halides is 3. The van der Waals surface area contributed by atoms with Gasteiger partial charge in [-0.3, -0.25) is 4.79 Å². The number of nitrogens with zero attached hydrogens (tertiary/aromatic N) is 1. The zero-order chi connectivity index (χ0) is 22.0. The summed E-state index contributed by atoms with van der Waals surface area (Å²) in [6.07, 6.45) is -1.62. The Bertz CT molecular complexity index is 1110. The number of rotatable bonds is 3. The molecule has 0 saturated heterocycles. The Morgan fingerprint density at radius 3 is 2.48 bits per heavy atom. The van der Waals surface area contributed by atoms with Crippen LogP contribution < -0.4 is 10.6 Å². The molecule has 2 aromatic carbocycles. The molecule has 1 aliphatic heterocycles. The molecule has 160 valence electrons. The van der Waals surface area contributed by atoms with E-state index in [2.05, 4.69) is 10.6 Å². The van der Waals surface area contributed by atoms with Gasteiger partial charge in [-0.15, -0.1) is 0 Å². The van der Waals surface area contributed by atoms with E-state index in [-0.39, 0.29) is 16.9 Å². The quantitative estimate of drug-likeness (QED) is 0.605. The molecule has 31 heavy (non-hydrogen) atoms. The van der Waals surface area contributed by atoms with Gasteiger partial charge in [0, 0.05) is 18.8 Å². The molecule has 0 bridgehead atoms. The van der Waals surface area contributed by atoms with Crippen LogP contribution in [0, 0.1) is 0 Å². The van der Waals surface area contributed by atoms with E-state index in [0.717, 1.165) is 23.3 Å². The number of amides is 3. The molecule has 3 aromatic rings. The topological polar surface area (TPSA) is 74.6 Å². The Morgan fingerprint density at radius 2 is 1.77 bits per heavy atom. The fourth-order valence-electron chi connectivity index (χ4n) is 3.43. The van der Waals surface area contributed by atoms with Crippen LogP contribution in [-0.4, -0.2) is 23.4 Å². The van der Waals surface area contributed by atoms with E-state index in [0.29, 0.717) is 19.5 Å². The second kappa shape index (κ2) is 8.17. The number of benzene rings is 2. The van der Waals surface area contributed by atoms with Crippen LogP contribution in [-0.2, 0) is 19.1 Å². The van der Waals surface area contributed by atoms with Gasteiger partial charge in [0.15, 0.2) is 0 Å². The van der Waals surface area contributed by atoms with Gasteiger partial charge >= 0.3 is 12.2 Å². The molecule has 4 rings (SSSR count). The van der Waals surface area contributed by atoms with Gasteiger partial charge in [0.1, 0.15) is 6.26 Å². The highest BCUT2D eigenvalue weighted by Gasteiger charge is 2.35. The van der Waals surface area contributed by atoms with E-state index in [1.807, 2.05) is 24.3 Å². The Labute approximate surface area is 175 Å². The van der Waals surface area contributed by atoms with Crippen LogP contribution in [0.5, 0.6) is 0 Å². The first-order valence-electron chi connectivity index (χ1n) is 9.49. The number of hydrogen-bond acceptors (Lipinski definition) is 3. The van der Waals surface area contributed by atoms with Crippen molar-refractivity contribution in [2.24, 2.45) is 0 Å². The van der Waals surface area contributed by atoms with Gasteiger partial charge < -0.3 is 20.0 Å². The van der Waals surface area contributed by atoms with E-state index in [4.69, 9.17) is 4.42 Å². The number of hydrogen-bond donors (Lipinski definition) is 2. The van der Waals surface area contributed by atoms with Gasteiger partial charge in [-0.2, -0.15) is 13.2 Å². The molecule has 0 unspecified atom stereocenters. The minimum Gasteiger partial charge on any atom is -0.472 e. The molecule has 2 heterocycles. The second-order valence-corrected chi connectivity index (χ2v) is 7.09. The highest BCUT2D eigenvalue weighted by Crippen LogP contribution is 2.37. The maximum absolute atomic E-state index is 13.6. The molecule has 0 fully saturated rings. The van der Waals surface area contributed by atoms with Crippen LogP contribution in [0.25, 0.3) is 0 Å². The number of halogens is 3. The molecule has 1 aliphatic rings. The van der Waals surface area contributed by atoms with Crippen molar-refractivity contribution in [3.8, 4) is 0 Å². The summed E-state index contributed by atoms with van der Waals surface area (Å²) in [7, 11) is 0. The number of furan rings is 1. The smallest absolute Gasteiger partial charge is 0.418 e. The van der Waals surface area contributed by atoms with Crippen molar-refractivity contribution in [1.82, 2.24) is 4.90 Å². The number of urea groups is 1. The first-order chi connectivity index (χ1) is 14.8. The first-order valence-corrected chi connectivity index (χ1v) is 9.49. The van der Waals surface area contributed by atoms with Gasteiger partial charge in [-0.25, -0.2) is 4.79 Å². The average molecular weight is 429 g/mol. The van der Waals surface area contributed by atoms with Crippen LogP contribution in [0.15, 0.2) is 65.5 Å². The van der Waals surface area contributed by atoms with Gasteiger partial charge in [-0.05, 0) is 41.8 Å². The predicted molar refractivity (Wildman–Crippen MR) is 108 cm³/mol. The molecule has 9 heteroatoms. The maximum Gasteiger partial charge on any atom is 0.418 e. The lowest BCUT2D eigenvalue weighted by Crippen LogP contribution is -2.39. The van der Waals surface area contributed by atoms with Crippen LogP contribution >= 0.6 is 0 Å². The SMILES string of the molecule is O=C(Nc1ccc(NC(=O)N2CCc3ccccc3C2)c(C(F)(F)F)c1)c1ccoc1.